The quantitative estimate of drug-likeness (QED) is 0.273. The van der Waals surface area contributed by atoms with Crippen LogP contribution < -0.4 is 0 Å². The molecule has 4 aliphatic carbocycles. The van der Waals surface area contributed by atoms with E-state index < -0.39 is 4.87 Å². The highest BCUT2D eigenvalue weighted by Gasteiger charge is 2.66. The summed E-state index contributed by atoms with van der Waals surface area (Å²) in [6.07, 6.45) is 11.4. The predicted molar refractivity (Wildman–Crippen MR) is 205 cm³/mol. The fraction of sp³-hybridized carbons (Fsp3) is 1.00. The molecule has 4 saturated carbocycles. The van der Waals surface area contributed by atoms with Gasteiger partial charge in [0, 0.05) is 6.61 Å². The molecule has 272 valence electrons. The molecule has 0 spiro atoms. The van der Waals surface area contributed by atoms with Crippen molar-refractivity contribution in [1.29, 1.82) is 0 Å². The fourth-order valence-electron chi connectivity index (χ4n) is 8.18. The summed E-state index contributed by atoms with van der Waals surface area (Å²) in [7, 11) is 0. The molecule has 0 aliphatic heterocycles. The van der Waals surface area contributed by atoms with Crippen molar-refractivity contribution in [2.45, 2.75) is 205 Å². The molecule has 4 fully saturated rings. The Morgan fingerprint density at radius 1 is 0.727 bits per heavy atom. The van der Waals surface area contributed by atoms with E-state index >= 15 is 0 Å². The first kappa shape index (κ1) is 51.3. The first-order valence-electron chi connectivity index (χ1n) is 19.3. The van der Waals surface area contributed by atoms with Crippen molar-refractivity contribution in [3.05, 3.63) is 0 Å². The van der Waals surface area contributed by atoms with Gasteiger partial charge >= 0.3 is 0 Å². The number of rotatable bonds is 1. The van der Waals surface area contributed by atoms with Crippen LogP contribution in [0.2, 0.25) is 0 Å². The third-order valence-electron chi connectivity index (χ3n) is 9.64. The van der Waals surface area contributed by atoms with Crippen molar-refractivity contribution in [2.75, 3.05) is 6.61 Å². The molecule has 0 saturated heterocycles. The normalized spacial score (nSPS) is 36.0. The Bertz CT molecular complexity index is 615. The number of aliphatic hydroxyl groups is 2. The molecule has 0 radical (unpaired) electrons. The van der Waals surface area contributed by atoms with Gasteiger partial charge < -0.3 is 10.2 Å². The summed E-state index contributed by atoms with van der Waals surface area (Å²) in [6, 6.07) is 0. The lowest BCUT2D eigenvalue weighted by molar-refractivity contribution is -0.0903. The van der Waals surface area contributed by atoms with Gasteiger partial charge in [0.1, 0.15) is 0 Å². The van der Waals surface area contributed by atoms with Crippen LogP contribution in [0.25, 0.3) is 0 Å². The van der Waals surface area contributed by atoms with Gasteiger partial charge in [-0.2, -0.15) is 0 Å². The molecule has 4 heteroatoms. The van der Waals surface area contributed by atoms with Gasteiger partial charge in [0.05, 0.1) is 16.4 Å². The number of hydrogen-bond donors (Lipinski definition) is 2. The molecular weight excluding hydrogens is 583 g/mol. The van der Waals surface area contributed by atoms with Crippen LogP contribution in [0.3, 0.4) is 0 Å². The first-order chi connectivity index (χ1) is 20.6. The van der Waals surface area contributed by atoms with Crippen LogP contribution >= 0.6 is 23.2 Å². The number of fused-ring (bicyclic) bond motifs is 5. The molecule has 9 atom stereocenters. The molecule has 4 aliphatic rings. The van der Waals surface area contributed by atoms with Crippen LogP contribution in [-0.4, -0.2) is 33.2 Å². The van der Waals surface area contributed by atoms with Gasteiger partial charge in [0.25, 0.3) is 0 Å². The van der Waals surface area contributed by atoms with Crippen LogP contribution in [0.1, 0.15) is 189 Å². The van der Waals surface area contributed by atoms with Crippen LogP contribution in [0.4, 0.5) is 0 Å². The van der Waals surface area contributed by atoms with Crippen molar-refractivity contribution < 1.29 is 10.2 Å². The molecule has 0 aromatic rings. The molecule has 0 heterocycles. The van der Waals surface area contributed by atoms with E-state index in [1.54, 1.807) is 6.92 Å². The van der Waals surface area contributed by atoms with E-state index in [1.165, 1.54) is 32.1 Å². The van der Waals surface area contributed by atoms with Crippen LogP contribution in [0, 0.1) is 46.3 Å². The Kier molecular flexibility index (Phi) is 32.0. The summed E-state index contributed by atoms with van der Waals surface area (Å²) in [5.41, 5.74) is 0.604. The lowest BCUT2D eigenvalue weighted by Crippen LogP contribution is -2.62. The van der Waals surface area contributed by atoms with E-state index in [1.807, 2.05) is 55.4 Å². The molecule has 0 aromatic heterocycles. The van der Waals surface area contributed by atoms with Crippen LogP contribution in [-0.2, 0) is 0 Å². The van der Waals surface area contributed by atoms with Gasteiger partial charge in [-0.15, -0.1) is 23.2 Å². The fourth-order valence-corrected chi connectivity index (χ4v) is 9.23. The molecule has 0 aromatic carbocycles. The van der Waals surface area contributed by atoms with E-state index in [2.05, 4.69) is 62.3 Å². The summed E-state index contributed by atoms with van der Waals surface area (Å²) in [5, 5.41) is 18.0. The van der Waals surface area contributed by atoms with E-state index in [9.17, 15) is 5.11 Å². The summed E-state index contributed by atoms with van der Waals surface area (Å²) in [4.78, 5) is -0.428. The minimum atomic E-state index is -0.428. The molecule has 2 N–H and O–H groups in total. The Hall–Kier alpha value is 0.500. The predicted octanol–water partition coefficient (Wildman–Crippen LogP) is 13.8. The Labute approximate surface area is 290 Å². The second-order valence-corrected chi connectivity index (χ2v) is 15.3. The van der Waals surface area contributed by atoms with Gasteiger partial charge in [0.2, 0.25) is 0 Å². The summed E-state index contributed by atoms with van der Waals surface area (Å²) >= 11 is 14.4. The van der Waals surface area contributed by atoms with E-state index in [4.69, 9.17) is 28.3 Å². The molecule has 0 amide bonds. The average Bonchev–Trinajstić information content (AvgIpc) is 3.26. The smallest absolute Gasteiger partial charge is 0.0690 e. The monoisotopic (exact) mass is 669 g/mol. The van der Waals surface area contributed by atoms with Crippen molar-refractivity contribution in [1.82, 2.24) is 0 Å². The van der Waals surface area contributed by atoms with Crippen molar-refractivity contribution in [3.63, 3.8) is 0 Å². The lowest BCUT2D eigenvalue weighted by atomic mass is 9.45. The summed E-state index contributed by atoms with van der Waals surface area (Å²) < 4.78 is 0. The maximum Gasteiger partial charge on any atom is 0.0690 e. The second-order valence-electron chi connectivity index (χ2n) is 14.1. The number of hydrogen-bond acceptors (Lipinski definition) is 2. The van der Waals surface area contributed by atoms with E-state index in [-0.39, 0.29) is 23.5 Å². The minimum absolute atomic E-state index is 0.00352. The van der Waals surface area contributed by atoms with Gasteiger partial charge in [-0.3, -0.25) is 0 Å². The Morgan fingerprint density at radius 2 is 1.16 bits per heavy atom. The van der Waals surface area contributed by atoms with Crippen LogP contribution in [0.5, 0.6) is 0 Å². The molecule has 4 rings (SSSR count). The average molecular weight is 670 g/mol. The highest BCUT2D eigenvalue weighted by Crippen LogP contribution is 2.70. The maximum absolute atomic E-state index is 10.4. The Morgan fingerprint density at radius 3 is 1.57 bits per heavy atom. The summed E-state index contributed by atoms with van der Waals surface area (Å²) in [5.74, 6) is 4.84. The molecular formula is C40H86Cl2O2. The zero-order chi connectivity index (χ0) is 35.9. The number of halogens is 2. The maximum atomic E-state index is 10.4. The molecule has 44 heavy (non-hydrogen) atoms. The second kappa shape index (κ2) is 27.5. The highest BCUT2D eigenvalue weighted by atomic mass is 35.5. The number of aliphatic hydroxyl groups excluding tert-OH is 2. The van der Waals surface area contributed by atoms with E-state index in [0.717, 1.165) is 55.3 Å². The third-order valence-corrected chi connectivity index (χ3v) is 11.1. The Balaban J connectivity index is -0.000000354. The highest BCUT2D eigenvalue weighted by molar-refractivity contribution is 6.33. The number of alkyl halides is 2. The topological polar surface area (TPSA) is 40.5 Å². The van der Waals surface area contributed by atoms with Gasteiger partial charge in [0.15, 0.2) is 0 Å². The lowest BCUT2D eigenvalue weighted by Gasteiger charge is -2.63. The van der Waals surface area contributed by atoms with Crippen LogP contribution in [0.15, 0.2) is 0 Å². The SMILES string of the molecule is CC.CC.CC.CC.CC(C)C.CC(C)C.CCC1CCC2C3CC(Cl)C4(Cl)CC(O)CCCC4(C)C3CCC12C.CCO. The zero-order valence-electron chi connectivity index (χ0n) is 33.5. The summed E-state index contributed by atoms with van der Waals surface area (Å²) in [6.45, 7) is 38.3. The standard InChI is InChI=1S/C22H36Cl2O.2C4H10.C2H6O.4C2H6/c1-4-14-7-8-17-16-12-19(23)22(24)13-15(25)6-5-10-21(22,3)18(16)9-11-20(14,17)2;2*1-4(2)3;1-2-3;4*1-2/h14-19,25H,4-13H2,1-3H3;2*4H,1-3H3;3H,2H2,1H3;4*1-2H3. The molecule has 9 unspecified atom stereocenters. The molecule has 2 nitrogen and oxygen atoms in total. The van der Waals surface area contributed by atoms with Crippen molar-refractivity contribution >= 4 is 23.2 Å². The van der Waals surface area contributed by atoms with Crippen molar-refractivity contribution in [3.8, 4) is 0 Å². The zero-order valence-corrected chi connectivity index (χ0v) is 35.1. The van der Waals surface area contributed by atoms with Gasteiger partial charge in [-0.05, 0) is 105 Å². The largest absolute Gasteiger partial charge is 0.397 e. The van der Waals surface area contributed by atoms with Crippen molar-refractivity contribution in [2.24, 2.45) is 46.3 Å². The first-order valence-corrected chi connectivity index (χ1v) is 20.1. The van der Waals surface area contributed by atoms with Gasteiger partial charge in [-0.25, -0.2) is 0 Å². The third kappa shape index (κ3) is 14.7. The molecule has 0 bridgehead atoms. The minimum Gasteiger partial charge on any atom is -0.397 e. The van der Waals surface area contributed by atoms with Gasteiger partial charge in [-0.1, -0.05) is 131 Å². The van der Waals surface area contributed by atoms with E-state index in [0.29, 0.717) is 17.8 Å².